The molecule has 7 heteroatoms. The zero-order valence-corrected chi connectivity index (χ0v) is 14.0. The number of hydrogen-bond acceptors (Lipinski definition) is 5. The predicted molar refractivity (Wildman–Crippen MR) is 88.8 cm³/mol. The Morgan fingerprint density at radius 2 is 2.17 bits per heavy atom. The fourth-order valence-corrected chi connectivity index (χ4v) is 2.61. The number of hydrogen-bond donors (Lipinski definition) is 1. The molecule has 0 saturated heterocycles. The minimum Gasteiger partial charge on any atom is -0.486 e. The van der Waals surface area contributed by atoms with Crippen LogP contribution in [0.25, 0.3) is 0 Å². The van der Waals surface area contributed by atoms with Gasteiger partial charge in [-0.2, -0.15) is 0 Å². The molecule has 0 radical (unpaired) electrons. The van der Waals surface area contributed by atoms with Gasteiger partial charge in [-0.05, 0) is 37.1 Å². The third kappa shape index (κ3) is 4.59. The molecule has 0 aliphatic rings. The minimum atomic E-state index is -0.893. The molecule has 1 heterocycles. The number of carbonyl (C=O) groups is 1. The van der Waals surface area contributed by atoms with Crippen LogP contribution in [0, 0.1) is 13.8 Å². The van der Waals surface area contributed by atoms with Crippen LogP contribution in [-0.2, 0) is 17.9 Å². The lowest BCUT2D eigenvalue weighted by molar-refractivity contribution is -0.133. The van der Waals surface area contributed by atoms with E-state index in [1.54, 1.807) is 6.08 Å². The molecule has 0 atom stereocenters. The lowest BCUT2D eigenvalue weighted by atomic mass is 10.1. The molecule has 1 N–H and O–H groups in total. The normalized spacial score (nSPS) is 10.5. The molecule has 1 aromatic carbocycles. The molecule has 0 fully saturated rings. The van der Waals surface area contributed by atoms with E-state index in [2.05, 4.69) is 16.8 Å². The number of allylic oxidation sites excluding steroid dienone is 1. The average molecular weight is 333 g/mol. The Bertz CT molecular complexity index is 713. The first-order chi connectivity index (χ1) is 11.0. The van der Waals surface area contributed by atoms with Crippen LogP contribution in [-0.4, -0.2) is 31.6 Å². The van der Waals surface area contributed by atoms with E-state index in [-0.39, 0.29) is 12.4 Å². The number of carboxylic acids is 1. The fraction of sp³-hybridized carbons (Fsp3) is 0.312. The van der Waals surface area contributed by atoms with Crippen LogP contribution in [0.2, 0.25) is 0 Å². The number of aryl methyl sites for hydroxylation is 2. The quantitative estimate of drug-likeness (QED) is 0.591. The van der Waals surface area contributed by atoms with E-state index in [1.165, 1.54) is 5.56 Å². The van der Waals surface area contributed by atoms with Crippen LogP contribution in [0.5, 0.6) is 5.75 Å². The number of aromatic nitrogens is 3. The summed E-state index contributed by atoms with van der Waals surface area (Å²) in [7, 11) is 0. The number of carboxylic acid groups (broad SMARTS) is 1. The summed E-state index contributed by atoms with van der Waals surface area (Å²) in [4.78, 5) is 10.7. The predicted octanol–water partition coefficient (Wildman–Crippen LogP) is 2.84. The zero-order chi connectivity index (χ0) is 16.8. The summed E-state index contributed by atoms with van der Waals surface area (Å²) in [6, 6.07) is 5.90. The molecule has 0 spiro atoms. The van der Waals surface area contributed by atoms with Crippen molar-refractivity contribution in [1.29, 1.82) is 0 Å². The Kier molecular flexibility index (Phi) is 5.81. The smallest absolute Gasteiger partial charge is 0.313 e. The molecule has 0 aliphatic heterocycles. The summed E-state index contributed by atoms with van der Waals surface area (Å²) >= 11 is 1.13. The van der Waals surface area contributed by atoms with Crippen molar-refractivity contribution in [1.82, 2.24) is 14.8 Å². The van der Waals surface area contributed by atoms with Gasteiger partial charge in [0.25, 0.3) is 0 Å². The van der Waals surface area contributed by atoms with E-state index in [4.69, 9.17) is 9.84 Å². The van der Waals surface area contributed by atoms with Crippen molar-refractivity contribution in [3.05, 3.63) is 47.8 Å². The SMILES string of the molecule is C=CCn1c(COc2ccc(C)c(C)c2)nnc1SCC(=O)O. The standard InChI is InChI=1S/C16H19N3O3S/c1-4-7-19-14(17-18-16(19)23-10-15(20)21)9-22-13-6-5-11(2)12(3)8-13/h4-6,8H,1,7,9-10H2,2-3H3,(H,20,21). The first kappa shape index (κ1) is 17.1. The number of rotatable bonds is 8. The molecule has 1 aromatic heterocycles. The summed E-state index contributed by atoms with van der Waals surface area (Å²) < 4.78 is 7.58. The van der Waals surface area contributed by atoms with E-state index in [0.717, 1.165) is 23.1 Å². The Labute approximate surface area is 139 Å². The summed E-state index contributed by atoms with van der Waals surface area (Å²) in [6.07, 6.45) is 1.72. The highest BCUT2D eigenvalue weighted by molar-refractivity contribution is 7.99. The molecule has 122 valence electrons. The Morgan fingerprint density at radius 1 is 1.39 bits per heavy atom. The molecule has 0 unspecified atom stereocenters. The monoisotopic (exact) mass is 333 g/mol. The van der Waals surface area contributed by atoms with Crippen molar-refractivity contribution in [2.75, 3.05) is 5.75 Å². The lowest BCUT2D eigenvalue weighted by Crippen LogP contribution is -2.08. The molecule has 2 rings (SSSR count). The molecule has 0 saturated carbocycles. The number of aliphatic carboxylic acids is 1. The first-order valence-electron chi connectivity index (χ1n) is 7.09. The summed E-state index contributed by atoms with van der Waals surface area (Å²) in [6.45, 7) is 8.55. The third-order valence-corrected chi connectivity index (χ3v) is 4.23. The van der Waals surface area contributed by atoms with Gasteiger partial charge >= 0.3 is 5.97 Å². The molecular formula is C16H19N3O3S. The second-order valence-electron chi connectivity index (χ2n) is 5.02. The molecule has 0 amide bonds. The van der Waals surface area contributed by atoms with Crippen molar-refractivity contribution in [3.63, 3.8) is 0 Å². The van der Waals surface area contributed by atoms with Gasteiger partial charge in [0.2, 0.25) is 0 Å². The number of nitrogens with zero attached hydrogens (tertiary/aromatic N) is 3. The Morgan fingerprint density at radius 3 is 2.83 bits per heavy atom. The van der Waals surface area contributed by atoms with Crippen molar-refractivity contribution in [2.45, 2.75) is 32.2 Å². The molecule has 0 aliphatic carbocycles. The van der Waals surface area contributed by atoms with Gasteiger partial charge in [0, 0.05) is 6.54 Å². The second kappa shape index (κ2) is 7.82. The largest absolute Gasteiger partial charge is 0.486 e. The third-order valence-electron chi connectivity index (χ3n) is 3.28. The van der Waals surface area contributed by atoms with E-state index in [9.17, 15) is 4.79 Å². The summed E-state index contributed by atoms with van der Waals surface area (Å²) in [5.41, 5.74) is 2.37. The molecule has 2 aromatic rings. The van der Waals surface area contributed by atoms with Crippen molar-refractivity contribution in [2.24, 2.45) is 0 Å². The highest BCUT2D eigenvalue weighted by Crippen LogP contribution is 2.20. The van der Waals surface area contributed by atoms with Gasteiger partial charge in [-0.15, -0.1) is 16.8 Å². The van der Waals surface area contributed by atoms with Gasteiger partial charge in [-0.3, -0.25) is 9.36 Å². The van der Waals surface area contributed by atoms with Crippen molar-refractivity contribution in [3.8, 4) is 5.75 Å². The average Bonchev–Trinajstić information content (AvgIpc) is 2.89. The van der Waals surface area contributed by atoms with E-state index in [0.29, 0.717) is 17.5 Å². The summed E-state index contributed by atoms with van der Waals surface area (Å²) in [5, 5.41) is 17.5. The number of ether oxygens (including phenoxy) is 1. The van der Waals surface area contributed by atoms with Crippen LogP contribution >= 0.6 is 11.8 Å². The fourth-order valence-electron chi connectivity index (χ4n) is 1.92. The van der Waals surface area contributed by atoms with Gasteiger partial charge in [0.15, 0.2) is 11.0 Å². The van der Waals surface area contributed by atoms with Gasteiger partial charge in [-0.25, -0.2) is 0 Å². The van der Waals surface area contributed by atoms with E-state index >= 15 is 0 Å². The zero-order valence-electron chi connectivity index (χ0n) is 13.2. The molecule has 23 heavy (non-hydrogen) atoms. The Balaban J connectivity index is 2.10. The summed E-state index contributed by atoms with van der Waals surface area (Å²) in [5.74, 6) is 0.445. The number of thioether (sulfide) groups is 1. The topological polar surface area (TPSA) is 77.2 Å². The van der Waals surface area contributed by atoms with Crippen LogP contribution in [0.15, 0.2) is 36.0 Å². The molecule has 6 nitrogen and oxygen atoms in total. The maximum atomic E-state index is 10.7. The maximum absolute atomic E-state index is 10.7. The van der Waals surface area contributed by atoms with Gasteiger partial charge in [0.05, 0.1) is 5.75 Å². The van der Waals surface area contributed by atoms with Crippen LogP contribution in [0.1, 0.15) is 17.0 Å². The van der Waals surface area contributed by atoms with Crippen molar-refractivity contribution >= 4 is 17.7 Å². The first-order valence-corrected chi connectivity index (χ1v) is 8.07. The molecular weight excluding hydrogens is 314 g/mol. The van der Waals surface area contributed by atoms with Crippen LogP contribution < -0.4 is 4.74 Å². The van der Waals surface area contributed by atoms with Crippen LogP contribution in [0.3, 0.4) is 0 Å². The number of benzene rings is 1. The van der Waals surface area contributed by atoms with Gasteiger partial charge < -0.3 is 9.84 Å². The van der Waals surface area contributed by atoms with Crippen molar-refractivity contribution < 1.29 is 14.6 Å². The Hall–Kier alpha value is -2.28. The minimum absolute atomic E-state index is 0.0622. The highest BCUT2D eigenvalue weighted by Gasteiger charge is 2.13. The maximum Gasteiger partial charge on any atom is 0.313 e. The van der Waals surface area contributed by atoms with E-state index in [1.807, 2.05) is 36.6 Å². The highest BCUT2D eigenvalue weighted by atomic mass is 32.2. The van der Waals surface area contributed by atoms with E-state index < -0.39 is 5.97 Å². The van der Waals surface area contributed by atoms with Crippen LogP contribution in [0.4, 0.5) is 0 Å². The lowest BCUT2D eigenvalue weighted by Gasteiger charge is -2.10. The van der Waals surface area contributed by atoms with Gasteiger partial charge in [-0.1, -0.05) is 23.9 Å². The van der Waals surface area contributed by atoms with Gasteiger partial charge in [0.1, 0.15) is 12.4 Å². The molecule has 0 bridgehead atoms. The second-order valence-corrected chi connectivity index (χ2v) is 5.96.